The molecule has 0 rings (SSSR count). The molecule has 4 nitrogen and oxygen atoms in total. The molecule has 0 N–H and O–H groups in total. The third-order valence-corrected chi connectivity index (χ3v) is 5.02. The topological polar surface area (TPSA) is 52.6 Å². The molecule has 0 aromatic carbocycles. The van der Waals surface area contributed by atoms with Gasteiger partial charge >= 0.3 is 11.9 Å². The van der Waals surface area contributed by atoms with Gasteiger partial charge in [-0.2, -0.15) is 0 Å². The molecule has 0 aromatic heterocycles. The standard InChI is InChI=1S/C22H42O4/c1-6-9-10-11-12-13-14-15-16-17-25-20(23)22(7-2,8-3)21(24)26-18-19(4)5/h19H,6-18H2,1-5H3. The number of hydrogen-bond acceptors (Lipinski definition) is 4. The summed E-state index contributed by atoms with van der Waals surface area (Å²) in [6.45, 7) is 10.6. The van der Waals surface area contributed by atoms with Crippen molar-refractivity contribution in [2.75, 3.05) is 13.2 Å². The van der Waals surface area contributed by atoms with E-state index in [1.54, 1.807) is 0 Å². The lowest BCUT2D eigenvalue weighted by molar-refractivity contribution is -0.174. The van der Waals surface area contributed by atoms with Crippen molar-refractivity contribution in [3.05, 3.63) is 0 Å². The summed E-state index contributed by atoms with van der Waals surface area (Å²) >= 11 is 0. The molecule has 0 atom stereocenters. The van der Waals surface area contributed by atoms with Crippen LogP contribution in [0, 0.1) is 11.3 Å². The number of esters is 2. The van der Waals surface area contributed by atoms with Crippen molar-refractivity contribution < 1.29 is 19.1 Å². The Balaban J connectivity index is 4.10. The maximum absolute atomic E-state index is 12.5. The van der Waals surface area contributed by atoms with Gasteiger partial charge in [0.25, 0.3) is 0 Å². The molecule has 0 spiro atoms. The summed E-state index contributed by atoms with van der Waals surface area (Å²) in [5.74, 6) is -0.604. The molecular weight excluding hydrogens is 328 g/mol. The number of carbonyl (C=O) groups excluding carboxylic acids is 2. The molecule has 0 saturated carbocycles. The fraction of sp³-hybridized carbons (Fsp3) is 0.909. The van der Waals surface area contributed by atoms with Crippen LogP contribution < -0.4 is 0 Å². The van der Waals surface area contributed by atoms with Crippen molar-refractivity contribution >= 4 is 11.9 Å². The van der Waals surface area contributed by atoms with Crippen molar-refractivity contribution in [3.63, 3.8) is 0 Å². The summed E-state index contributed by atoms with van der Waals surface area (Å²) in [4.78, 5) is 25.0. The molecule has 0 aromatic rings. The summed E-state index contributed by atoms with van der Waals surface area (Å²) in [5.41, 5.74) is -1.14. The van der Waals surface area contributed by atoms with E-state index in [0.29, 0.717) is 26.1 Å². The van der Waals surface area contributed by atoms with Gasteiger partial charge in [-0.05, 0) is 25.2 Å². The Morgan fingerprint density at radius 1 is 0.731 bits per heavy atom. The van der Waals surface area contributed by atoms with E-state index in [0.717, 1.165) is 12.8 Å². The molecular formula is C22H42O4. The molecule has 0 amide bonds. The van der Waals surface area contributed by atoms with E-state index in [4.69, 9.17) is 9.47 Å². The molecule has 4 heteroatoms. The predicted molar refractivity (Wildman–Crippen MR) is 107 cm³/mol. The van der Waals surface area contributed by atoms with Crippen LogP contribution in [0.5, 0.6) is 0 Å². The van der Waals surface area contributed by atoms with Crippen molar-refractivity contribution in [2.45, 2.75) is 105 Å². The highest BCUT2D eigenvalue weighted by Crippen LogP contribution is 2.30. The zero-order chi connectivity index (χ0) is 19.8. The van der Waals surface area contributed by atoms with Crippen molar-refractivity contribution in [1.82, 2.24) is 0 Å². The van der Waals surface area contributed by atoms with Gasteiger partial charge in [0, 0.05) is 0 Å². The van der Waals surface area contributed by atoms with E-state index in [-0.39, 0.29) is 5.92 Å². The first-order chi connectivity index (χ1) is 12.4. The van der Waals surface area contributed by atoms with E-state index < -0.39 is 17.4 Å². The number of ether oxygens (including phenoxy) is 2. The Labute approximate surface area is 161 Å². The molecule has 0 aliphatic heterocycles. The van der Waals surface area contributed by atoms with Gasteiger partial charge in [0.1, 0.15) is 0 Å². The van der Waals surface area contributed by atoms with Gasteiger partial charge in [-0.1, -0.05) is 86.0 Å². The van der Waals surface area contributed by atoms with Gasteiger partial charge in [-0.15, -0.1) is 0 Å². The Bertz CT molecular complexity index is 372. The van der Waals surface area contributed by atoms with Gasteiger partial charge in [0.2, 0.25) is 0 Å². The first kappa shape index (κ1) is 24.9. The molecule has 0 saturated heterocycles. The third kappa shape index (κ3) is 9.59. The second-order valence-corrected chi connectivity index (χ2v) is 7.75. The smallest absolute Gasteiger partial charge is 0.323 e. The van der Waals surface area contributed by atoms with Gasteiger partial charge in [0.15, 0.2) is 5.41 Å². The molecule has 0 heterocycles. The molecule has 0 fully saturated rings. The maximum Gasteiger partial charge on any atom is 0.323 e. The lowest BCUT2D eigenvalue weighted by atomic mass is 9.82. The van der Waals surface area contributed by atoms with E-state index in [2.05, 4.69) is 6.92 Å². The van der Waals surface area contributed by atoms with Gasteiger partial charge in [0.05, 0.1) is 13.2 Å². The Morgan fingerprint density at radius 3 is 1.65 bits per heavy atom. The molecule has 0 unspecified atom stereocenters. The van der Waals surface area contributed by atoms with Crippen LogP contribution in [-0.2, 0) is 19.1 Å². The third-order valence-electron chi connectivity index (χ3n) is 5.02. The molecule has 0 bridgehead atoms. The highest BCUT2D eigenvalue weighted by atomic mass is 16.6. The van der Waals surface area contributed by atoms with Crippen LogP contribution >= 0.6 is 0 Å². The van der Waals surface area contributed by atoms with Crippen LogP contribution in [0.4, 0.5) is 0 Å². The minimum Gasteiger partial charge on any atom is -0.465 e. The van der Waals surface area contributed by atoms with Crippen LogP contribution in [-0.4, -0.2) is 25.2 Å². The fourth-order valence-electron chi connectivity index (χ4n) is 3.01. The van der Waals surface area contributed by atoms with Crippen LogP contribution in [0.25, 0.3) is 0 Å². The maximum atomic E-state index is 12.5. The van der Waals surface area contributed by atoms with E-state index in [1.165, 1.54) is 44.9 Å². The summed E-state index contributed by atoms with van der Waals surface area (Å²) in [5, 5.41) is 0. The van der Waals surface area contributed by atoms with Gasteiger partial charge < -0.3 is 9.47 Å². The molecule has 26 heavy (non-hydrogen) atoms. The number of carbonyl (C=O) groups is 2. The Kier molecular flexibility index (Phi) is 14.4. The van der Waals surface area contributed by atoms with Crippen molar-refractivity contribution in [2.24, 2.45) is 11.3 Å². The summed E-state index contributed by atoms with van der Waals surface area (Å²) in [6, 6.07) is 0. The average molecular weight is 371 g/mol. The highest BCUT2D eigenvalue weighted by Gasteiger charge is 2.45. The molecule has 0 aliphatic carbocycles. The van der Waals surface area contributed by atoms with Crippen LogP contribution in [0.1, 0.15) is 105 Å². The summed E-state index contributed by atoms with van der Waals surface area (Å²) < 4.78 is 10.8. The Morgan fingerprint density at radius 2 is 1.19 bits per heavy atom. The van der Waals surface area contributed by atoms with Crippen molar-refractivity contribution in [3.8, 4) is 0 Å². The first-order valence-electron chi connectivity index (χ1n) is 10.8. The second kappa shape index (κ2) is 15.0. The van der Waals surface area contributed by atoms with Crippen molar-refractivity contribution in [1.29, 1.82) is 0 Å². The largest absolute Gasteiger partial charge is 0.465 e. The zero-order valence-electron chi connectivity index (χ0n) is 17.9. The number of hydrogen-bond donors (Lipinski definition) is 0. The van der Waals surface area contributed by atoms with Crippen LogP contribution in [0.3, 0.4) is 0 Å². The monoisotopic (exact) mass is 370 g/mol. The average Bonchev–Trinajstić information content (AvgIpc) is 2.63. The van der Waals surface area contributed by atoms with Gasteiger partial charge in [-0.25, -0.2) is 0 Å². The van der Waals surface area contributed by atoms with Crippen LogP contribution in [0.15, 0.2) is 0 Å². The lowest BCUT2D eigenvalue weighted by Gasteiger charge is -2.27. The summed E-state index contributed by atoms with van der Waals surface area (Å²) in [6.07, 6.45) is 11.8. The quantitative estimate of drug-likeness (QED) is 0.188. The Hall–Kier alpha value is -1.06. The van der Waals surface area contributed by atoms with Gasteiger partial charge in [-0.3, -0.25) is 9.59 Å². The molecule has 154 valence electrons. The second-order valence-electron chi connectivity index (χ2n) is 7.75. The number of rotatable bonds is 16. The SMILES string of the molecule is CCCCCCCCCCCOC(=O)C(CC)(CC)C(=O)OCC(C)C. The molecule has 0 radical (unpaired) electrons. The number of unbranched alkanes of at least 4 members (excludes halogenated alkanes) is 8. The zero-order valence-corrected chi connectivity index (χ0v) is 17.9. The molecule has 0 aliphatic rings. The van der Waals surface area contributed by atoms with E-state index >= 15 is 0 Å². The predicted octanol–water partition coefficient (Wildman–Crippen LogP) is 6.07. The highest BCUT2D eigenvalue weighted by molar-refractivity contribution is 5.99. The minimum atomic E-state index is -1.14. The first-order valence-corrected chi connectivity index (χ1v) is 10.8. The summed E-state index contributed by atoms with van der Waals surface area (Å²) in [7, 11) is 0. The fourth-order valence-corrected chi connectivity index (χ4v) is 3.01. The normalized spacial score (nSPS) is 11.6. The van der Waals surface area contributed by atoms with E-state index in [9.17, 15) is 9.59 Å². The van der Waals surface area contributed by atoms with Crippen LogP contribution in [0.2, 0.25) is 0 Å². The van der Waals surface area contributed by atoms with E-state index in [1.807, 2.05) is 27.7 Å². The minimum absolute atomic E-state index is 0.253. The lowest BCUT2D eigenvalue weighted by Crippen LogP contribution is -2.41.